The summed E-state index contributed by atoms with van der Waals surface area (Å²) in [5.41, 5.74) is 1.68. The number of fused-ring (bicyclic) bond motifs is 1. The van der Waals surface area contributed by atoms with Crippen LogP contribution in [0.4, 0.5) is 0 Å². The largest absolute Gasteiger partial charge is 0.350 e. The second kappa shape index (κ2) is 2.83. The van der Waals surface area contributed by atoms with Gasteiger partial charge in [-0.2, -0.15) is 0 Å². The monoisotopic (exact) mass is 289 g/mol. The standard InChI is InChI=1S/C8H8IN3O/c1-5-6(9)3-4-12-7(5)10-11(2)8(12)13/h3-4H,1-2H3. The molecule has 0 fully saturated rings. The molecule has 0 unspecified atom stereocenters. The first-order chi connectivity index (χ1) is 6.11. The highest BCUT2D eigenvalue weighted by molar-refractivity contribution is 14.1. The van der Waals surface area contributed by atoms with Crippen molar-refractivity contribution in [1.29, 1.82) is 0 Å². The van der Waals surface area contributed by atoms with Gasteiger partial charge in [-0.15, -0.1) is 5.10 Å². The van der Waals surface area contributed by atoms with E-state index in [0.717, 1.165) is 14.8 Å². The van der Waals surface area contributed by atoms with Crippen molar-refractivity contribution in [3.63, 3.8) is 0 Å². The van der Waals surface area contributed by atoms with Crippen molar-refractivity contribution in [1.82, 2.24) is 14.2 Å². The zero-order valence-corrected chi connectivity index (χ0v) is 9.44. The van der Waals surface area contributed by atoms with Crippen molar-refractivity contribution >= 4 is 28.2 Å². The van der Waals surface area contributed by atoms with Crippen molar-refractivity contribution in [2.75, 3.05) is 0 Å². The average Bonchev–Trinajstić information content (AvgIpc) is 2.38. The van der Waals surface area contributed by atoms with Gasteiger partial charge in [-0.25, -0.2) is 9.48 Å². The number of rotatable bonds is 0. The summed E-state index contributed by atoms with van der Waals surface area (Å²) in [5, 5.41) is 4.14. The number of hydrogen-bond acceptors (Lipinski definition) is 2. The Hall–Kier alpha value is -0.850. The lowest BCUT2D eigenvalue weighted by Crippen LogP contribution is -2.17. The summed E-state index contributed by atoms with van der Waals surface area (Å²) >= 11 is 2.23. The molecule has 0 aliphatic carbocycles. The number of hydrogen-bond donors (Lipinski definition) is 0. The highest BCUT2D eigenvalue weighted by atomic mass is 127. The highest BCUT2D eigenvalue weighted by Crippen LogP contribution is 2.13. The summed E-state index contributed by atoms with van der Waals surface area (Å²) in [6.07, 6.45) is 1.75. The lowest BCUT2D eigenvalue weighted by molar-refractivity contribution is 0.732. The highest BCUT2D eigenvalue weighted by Gasteiger charge is 2.07. The normalized spacial score (nSPS) is 11.0. The van der Waals surface area contributed by atoms with Crippen LogP contribution in [0.3, 0.4) is 0 Å². The molecule has 0 aliphatic rings. The molecular formula is C8H8IN3O. The molecule has 2 aromatic heterocycles. The van der Waals surface area contributed by atoms with Crippen LogP contribution in [0.5, 0.6) is 0 Å². The van der Waals surface area contributed by atoms with E-state index in [0.29, 0.717) is 0 Å². The molecular weight excluding hydrogens is 281 g/mol. The molecule has 2 aromatic rings. The van der Waals surface area contributed by atoms with E-state index >= 15 is 0 Å². The smallest absolute Gasteiger partial charge is 0.250 e. The van der Waals surface area contributed by atoms with E-state index in [1.165, 1.54) is 4.68 Å². The molecule has 13 heavy (non-hydrogen) atoms. The van der Waals surface area contributed by atoms with E-state index < -0.39 is 0 Å². The molecule has 0 spiro atoms. The summed E-state index contributed by atoms with van der Waals surface area (Å²) in [6.45, 7) is 1.96. The fourth-order valence-electron chi connectivity index (χ4n) is 1.24. The maximum atomic E-state index is 11.5. The van der Waals surface area contributed by atoms with Crippen LogP contribution >= 0.6 is 22.6 Å². The number of pyridine rings is 1. The molecule has 2 heterocycles. The molecule has 68 valence electrons. The number of nitrogens with zero attached hydrogens (tertiary/aromatic N) is 3. The van der Waals surface area contributed by atoms with Gasteiger partial charge in [0.05, 0.1) is 0 Å². The van der Waals surface area contributed by atoms with Crippen LogP contribution in [0.2, 0.25) is 0 Å². The Morgan fingerprint density at radius 3 is 2.92 bits per heavy atom. The molecule has 0 bridgehead atoms. The van der Waals surface area contributed by atoms with Crippen molar-refractivity contribution in [3.05, 3.63) is 31.9 Å². The van der Waals surface area contributed by atoms with Crippen molar-refractivity contribution in [2.45, 2.75) is 6.92 Å². The van der Waals surface area contributed by atoms with E-state index in [2.05, 4.69) is 27.7 Å². The van der Waals surface area contributed by atoms with E-state index in [4.69, 9.17) is 0 Å². The van der Waals surface area contributed by atoms with E-state index in [1.807, 2.05) is 13.0 Å². The molecule has 0 radical (unpaired) electrons. The van der Waals surface area contributed by atoms with E-state index in [1.54, 1.807) is 17.6 Å². The Morgan fingerprint density at radius 1 is 1.54 bits per heavy atom. The molecule has 0 atom stereocenters. The second-order valence-electron chi connectivity index (χ2n) is 2.89. The number of aromatic nitrogens is 3. The van der Waals surface area contributed by atoms with Gasteiger partial charge in [0.25, 0.3) is 0 Å². The Labute approximate surface area is 88.3 Å². The first-order valence-electron chi connectivity index (χ1n) is 3.81. The summed E-state index contributed by atoms with van der Waals surface area (Å²) in [4.78, 5) is 11.5. The van der Waals surface area contributed by atoms with E-state index in [-0.39, 0.29) is 5.69 Å². The van der Waals surface area contributed by atoms with Crippen LogP contribution in [0.25, 0.3) is 5.65 Å². The van der Waals surface area contributed by atoms with Crippen LogP contribution < -0.4 is 5.69 Å². The van der Waals surface area contributed by atoms with Crippen molar-refractivity contribution in [2.24, 2.45) is 7.05 Å². The van der Waals surface area contributed by atoms with Crippen LogP contribution in [-0.4, -0.2) is 14.2 Å². The third-order valence-corrected chi connectivity index (χ3v) is 3.19. The summed E-state index contributed by atoms with van der Waals surface area (Å²) in [6, 6.07) is 1.91. The van der Waals surface area contributed by atoms with Crippen LogP contribution in [0.1, 0.15) is 5.56 Å². The zero-order valence-electron chi connectivity index (χ0n) is 7.28. The second-order valence-corrected chi connectivity index (χ2v) is 4.05. The minimum absolute atomic E-state index is 0.102. The minimum Gasteiger partial charge on any atom is -0.250 e. The maximum absolute atomic E-state index is 11.5. The summed E-state index contributed by atoms with van der Waals surface area (Å²) in [5.74, 6) is 0. The van der Waals surface area contributed by atoms with Gasteiger partial charge in [0, 0.05) is 22.4 Å². The lowest BCUT2D eigenvalue weighted by Gasteiger charge is -1.97. The predicted molar refractivity (Wildman–Crippen MR) is 57.9 cm³/mol. The van der Waals surface area contributed by atoms with Gasteiger partial charge in [-0.3, -0.25) is 4.40 Å². The number of aryl methyl sites for hydroxylation is 2. The van der Waals surface area contributed by atoms with Crippen molar-refractivity contribution in [3.8, 4) is 0 Å². The first-order valence-corrected chi connectivity index (χ1v) is 4.89. The molecule has 5 heteroatoms. The molecule has 2 rings (SSSR count). The number of halogens is 1. The van der Waals surface area contributed by atoms with Gasteiger partial charge in [-0.05, 0) is 35.6 Å². The topological polar surface area (TPSA) is 39.3 Å². The third-order valence-electron chi connectivity index (χ3n) is 2.02. The van der Waals surface area contributed by atoms with Crippen LogP contribution in [0.15, 0.2) is 17.1 Å². The fraction of sp³-hybridized carbons (Fsp3) is 0.250. The average molecular weight is 289 g/mol. The molecule has 0 aliphatic heterocycles. The van der Waals surface area contributed by atoms with Gasteiger partial charge in [0.15, 0.2) is 5.65 Å². The molecule has 0 aromatic carbocycles. The molecule has 4 nitrogen and oxygen atoms in total. The molecule has 0 saturated heterocycles. The first kappa shape index (κ1) is 8.74. The Bertz CT molecular complexity index is 526. The van der Waals surface area contributed by atoms with Gasteiger partial charge in [0.1, 0.15) is 0 Å². The molecule has 0 saturated carbocycles. The summed E-state index contributed by atoms with van der Waals surface area (Å²) in [7, 11) is 1.65. The lowest BCUT2D eigenvalue weighted by atomic mass is 10.3. The van der Waals surface area contributed by atoms with Crippen LogP contribution in [-0.2, 0) is 7.05 Å². The van der Waals surface area contributed by atoms with Gasteiger partial charge < -0.3 is 0 Å². The summed E-state index contributed by atoms with van der Waals surface area (Å²) < 4.78 is 4.02. The Kier molecular flexibility index (Phi) is 1.90. The van der Waals surface area contributed by atoms with Gasteiger partial charge in [-0.1, -0.05) is 0 Å². The Morgan fingerprint density at radius 2 is 2.23 bits per heavy atom. The van der Waals surface area contributed by atoms with Gasteiger partial charge in [0.2, 0.25) is 0 Å². The maximum Gasteiger partial charge on any atom is 0.350 e. The Balaban J connectivity index is 3.03. The van der Waals surface area contributed by atoms with Crippen LogP contribution in [0, 0.1) is 10.5 Å². The zero-order chi connectivity index (χ0) is 9.59. The van der Waals surface area contributed by atoms with Gasteiger partial charge >= 0.3 is 5.69 Å². The molecule has 0 amide bonds. The SMILES string of the molecule is Cc1c(I)ccn2c(=O)n(C)nc12. The fourth-order valence-corrected chi connectivity index (χ4v) is 1.64. The van der Waals surface area contributed by atoms with E-state index in [9.17, 15) is 4.79 Å². The molecule has 0 N–H and O–H groups in total. The quantitative estimate of drug-likeness (QED) is 0.677. The minimum atomic E-state index is -0.102. The third kappa shape index (κ3) is 1.18. The van der Waals surface area contributed by atoms with Crippen molar-refractivity contribution < 1.29 is 0 Å². The predicted octanol–water partition coefficient (Wildman–Crippen LogP) is 0.946.